The molecule has 0 unspecified atom stereocenters. The minimum atomic E-state index is 1.08. The molecular weight excluding hydrogens is 120 g/mol. The molecule has 2 aliphatic rings. The third-order valence-corrected chi connectivity index (χ3v) is 3.16. The molecule has 2 rings (SSSR count). The molecule has 0 N–H and O–H groups in total. The van der Waals surface area contributed by atoms with Crippen LogP contribution in [0.15, 0.2) is 0 Å². The van der Waals surface area contributed by atoms with Gasteiger partial charge in [0.15, 0.2) is 0 Å². The summed E-state index contributed by atoms with van der Waals surface area (Å²) in [5.41, 5.74) is 0. The van der Waals surface area contributed by atoms with Gasteiger partial charge < -0.3 is 0 Å². The van der Waals surface area contributed by atoms with Gasteiger partial charge in [0.25, 0.3) is 0 Å². The van der Waals surface area contributed by atoms with Gasteiger partial charge in [-0.05, 0) is 24.2 Å². The molecule has 0 radical (unpaired) electrons. The van der Waals surface area contributed by atoms with Crippen molar-refractivity contribution >= 4 is 0 Å². The van der Waals surface area contributed by atoms with Gasteiger partial charge in [-0.3, -0.25) is 0 Å². The van der Waals surface area contributed by atoms with Crippen LogP contribution in [0.25, 0.3) is 0 Å². The molecule has 58 valence electrons. The van der Waals surface area contributed by atoms with Crippen LogP contribution < -0.4 is 0 Å². The lowest BCUT2D eigenvalue weighted by Crippen LogP contribution is -1.82. The van der Waals surface area contributed by atoms with Gasteiger partial charge in [-0.1, -0.05) is 39.0 Å². The predicted molar refractivity (Wildman–Crippen MR) is 43.8 cm³/mol. The van der Waals surface area contributed by atoms with Crippen molar-refractivity contribution < 1.29 is 0 Å². The molecule has 0 heteroatoms. The first-order valence-corrected chi connectivity index (χ1v) is 4.86. The lowest BCUT2D eigenvalue weighted by atomic mass is 10.1. The van der Waals surface area contributed by atoms with E-state index in [4.69, 9.17) is 0 Å². The summed E-state index contributed by atoms with van der Waals surface area (Å²) in [6.07, 6.45) is 9.23. The van der Waals surface area contributed by atoms with Crippen molar-refractivity contribution in [3.63, 3.8) is 0 Å². The second-order valence-corrected chi connectivity index (χ2v) is 4.35. The highest BCUT2D eigenvalue weighted by Gasteiger charge is 2.32. The normalized spacial score (nSPS) is 38.1. The van der Waals surface area contributed by atoms with E-state index in [2.05, 4.69) is 6.92 Å². The van der Waals surface area contributed by atoms with Gasteiger partial charge in [0.1, 0.15) is 0 Å². The molecule has 10 heavy (non-hydrogen) atoms. The van der Waals surface area contributed by atoms with Crippen LogP contribution in [-0.2, 0) is 0 Å². The molecule has 0 spiro atoms. The highest BCUT2D eigenvalue weighted by atomic mass is 14.4. The van der Waals surface area contributed by atoms with Crippen LogP contribution in [0, 0.1) is 17.8 Å². The second-order valence-electron chi connectivity index (χ2n) is 4.35. The zero-order valence-corrected chi connectivity index (χ0v) is 6.97. The van der Waals surface area contributed by atoms with Crippen LogP contribution >= 0.6 is 0 Å². The van der Waals surface area contributed by atoms with Crippen LogP contribution in [-0.4, -0.2) is 0 Å². The molecular formula is C10H18. The first kappa shape index (κ1) is 6.69. The minimum Gasteiger partial charge on any atom is -0.0622 e. The molecule has 2 atom stereocenters. The van der Waals surface area contributed by atoms with Gasteiger partial charge >= 0.3 is 0 Å². The summed E-state index contributed by atoms with van der Waals surface area (Å²) in [6.45, 7) is 2.39. The van der Waals surface area contributed by atoms with Crippen molar-refractivity contribution in [2.45, 2.75) is 45.4 Å². The Morgan fingerprint density at radius 2 is 1.90 bits per heavy atom. The highest BCUT2D eigenvalue weighted by Crippen LogP contribution is 2.43. The topological polar surface area (TPSA) is 0 Å². The van der Waals surface area contributed by atoms with Crippen molar-refractivity contribution in [1.82, 2.24) is 0 Å². The molecule has 0 heterocycles. The maximum atomic E-state index is 2.39. The highest BCUT2D eigenvalue weighted by molar-refractivity contribution is 4.83. The smallest absolute Gasteiger partial charge is 0.0386 e. The number of hydrogen-bond donors (Lipinski definition) is 0. The minimum absolute atomic E-state index is 1.08. The molecule has 0 aromatic carbocycles. The van der Waals surface area contributed by atoms with Crippen LogP contribution in [0.3, 0.4) is 0 Å². The van der Waals surface area contributed by atoms with E-state index in [9.17, 15) is 0 Å². The van der Waals surface area contributed by atoms with Gasteiger partial charge in [-0.25, -0.2) is 0 Å². The fraction of sp³-hybridized carbons (Fsp3) is 1.00. The maximum absolute atomic E-state index is 2.39. The predicted octanol–water partition coefficient (Wildman–Crippen LogP) is 3.22. The van der Waals surface area contributed by atoms with Crippen molar-refractivity contribution in [3.05, 3.63) is 0 Å². The summed E-state index contributed by atoms with van der Waals surface area (Å²) >= 11 is 0. The van der Waals surface area contributed by atoms with Crippen LogP contribution in [0.1, 0.15) is 45.4 Å². The summed E-state index contributed by atoms with van der Waals surface area (Å²) in [4.78, 5) is 0. The molecule has 2 aliphatic carbocycles. The quantitative estimate of drug-likeness (QED) is 0.559. The molecule has 2 fully saturated rings. The molecule has 0 aliphatic heterocycles. The molecule has 2 saturated carbocycles. The average Bonchev–Trinajstić information content (AvgIpc) is 2.73. The van der Waals surface area contributed by atoms with Crippen molar-refractivity contribution in [1.29, 1.82) is 0 Å². The van der Waals surface area contributed by atoms with Crippen LogP contribution in [0.5, 0.6) is 0 Å². The summed E-state index contributed by atoms with van der Waals surface area (Å²) in [6, 6.07) is 0. The first-order chi connectivity index (χ1) is 4.86. The van der Waals surface area contributed by atoms with Gasteiger partial charge in [0.05, 0.1) is 0 Å². The van der Waals surface area contributed by atoms with Crippen LogP contribution in [0.2, 0.25) is 0 Å². The van der Waals surface area contributed by atoms with E-state index < -0.39 is 0 Å². The Morgan fingerprint density at radius 1 is 1.20 bits per heavy atom. The standard InChI is InChI=1S/C10H18/c1-8-7-10(8)4-2-3-9-5-6-9/h8-10H,2-7H2,1H3/t8-,10-/m0/s1. The Labute approximate surface area is 64.0 Å². The monoisotopic (exact) mass is 138 g/mol. The first-order valence-electron chi connectivity index (χ1n) is 4.86. The fourth-order valence-electron chi connectivity index (χ4n) is 1.88. The summed E-state index contributed by atoms with van der Waals surface area (Å²) in [5, 5.41) is 0. The zero-order valence-electron chi connectivity index (χ0n) is 6.97. The van der Waals surface area contributed by atoms with E-state index in [1.807, 2.05) is 0 Å². The van der Waals surface area contributed by atoms with E-state index in [1.54, 1.807) is 19.3 Å². The summed E-state index contributed by atoms with van der Waals surface area (Å²) in [7, 11) is 0. The third kappa shape index (κ3) is 1.74. The van der Waals surface area contributed by atoms with Crippen molar-refractivity contribution in [3.8, 4) is 0 Å². The molecule has 0 amide bonds. The molecule has 0 bridgehead atoms. The Balaban J connectivity index is 1.48. The molecule has 0 saturated heterocycles. The van der Waals surface area contributed by atoms with E-state index in [-0.39, 0.29) is 0 Å². The number of rotatable bonds is 4. The fourth-order valence-corrected chi connectivity index (χ4v) is 1.88. The van der Waals surface area contributed by atoms with E-state index >= 15 is 0 Å². The Kier molecular flexibility index (Phi) is 1.71. The zero-order chi connectivity index (χ0) is 6.97. The van der Waals surface area contributed by atoms with Gasteiger partial charge in [-0.2, -0.15) is 0 Å². The lowest BCUT2D eigenvalue weighted by Gasteiger charge is -1.95. The molecule has 0 nitrogen and oxygen atoms in total. The maximum Gasteiger partial charge on any atom is -0.0386 e. The Morgan fingerprint density at radius 3 is 2.40 bits per heavy atom. The van der Waals surface area contributed by atoms with Gasteiger partial charge in [-0.15, -0.1) is 0 Å². The van der Waals surface area contributed by atoms with Gasteiger partial charge in [0.2, 0.25) is 0 Å². The largest absolute Gasteiger partial charge is 0.0622 e. The van der Waals surface area contributed by atoms with E-state index in [0.29, 0.717) is 0 Å². The number of hydrogen-bond acceptors (Lipinski definition) is 0. The molecule has 0 aromatic rings. The Hall–Kier alpha value is 0. The lowest BCUT2D eigenvalue weighted by molar-refractivity contribution is 0.572. The SMILES string of the molecule is C[C@H]1C[C@@H]1CCCC1CC1. The van der Waals surface area contributed by atoms with Crippen molar-refractivity contribution in [2.75, 3.05) is 0 Å². The van der Waals surface area contributed by atoms with E-state index in [0.717, 1.165) is 17.8 Å². The second kappa shape index (κ2) is 2.56. The third-order valence-electron chi connectivity index (χ3n) is 3.16. The van der Waals surface area contributed by atoms with Crippen molar-refractivity contribution in [2.24, 2.45) is 17.8 Å². The summed E-state index contributed by atoms with van der Waals surface area (Å²) < 4.78 is 0. The van der Waals surface area contributed by atoms with Crippen LogP contribution in [0.4, 0.5) is 0 Å². The molecule has 0 aromatic heterocycles. The van der Waals surface area contributed by atoms with Gasteiger partial charge in [0, 0.05) is 0 Å². The average molecular weight is 138 g/mol. The summed E-state index contributed by atoms with van der Waals surface area (Å²) in [5.74, 6) is 3.38. The van der Waals surface area contributed by atoms with E-state index in [1.165, 1.54) is 19.3 Å². The Bertz CT molecular complexity index is 113.